The number of carbonyl (C=O) groups excluding carboxylic acids is 2. The SMILES string of the molecule is NC(=O)C1CCN1C(=O)NCc1ccccc1. The second-order valence-electron chi connectivity index (χ2n) is 4.04. The Balaban J connectivity index is 1.84. The van der Waals surface area contributed by atoms with E-state index in [1.807, 2.05) is 30.3 Å². The first-order chi connectivity index (χ1) is 8.18. The second-order valence-corrected chi connectivity index (χ2v) is 4.04. The summed E-state index contributed by atoms with van der Waals surface area (Å²) in [5.74, 6) is -0.439. The highest BCUT2D eigenvalue weighted by Gasteiger charge is 2.35. The minimum absolute atomic E-state index is 0.232. The lowest BCUT2D eigenvalue weighted by atomic mass is 10.0. The summed E-state index contributed by atoms with van der Waals surface area (Å²) in [7, 11) is 0. The van der Waals surface area contributed by atoms with Crippen molar-refractivity contribution in [1.82, 2.24) is 10.2 Å². The standard InChI is InChI=1S/C12H15N3O2/c13-11(16)10-6-7-15(10)12(17)14-8-9-4-2-1-3-5-9/h1-5,10H,6-8H2,(H2,13,16)(H,14,17). The minimum atomic E-state index is -0.439. The Hall–Kier alpha value is -2.04. The Morgan fingerprint density at radius 2 is 2.06 bits per heavy atom. The lowest BCUT2D eigenvalue weighted by Crippen LogP contribution is -2.59. The number of hydrogen-bond acceptors (Lipinski definition) is 2. The van der Waals surface area contributed by atoms with Gasteiger partial charge in [-0.3, -0.25) is 4.79 Å². The van der Waals surface area contributed by atoms with E-state index in [-0.39, 0.29) is 6.03 Å². The predicted molar refractivity (Wildman–Crippen MR) is 63.0 cm³/mol. The Bertz CT molecular complexity index is 419. The number of benzene rings is 1. The molecule has 3 N–H and O–H groups in total. The second kappa shape index (κ2) is 4.86. The smallest absolute Gasteiger partial charge is 0.318 e. The molecule has 0 aromatic heterocycles. The molecule has 0 radical (unpaired) electrons. The van der Waals surface area contributed by atoms with Crippen molar-refractivity contribution in [1.29, 1.82) is 0 Å². The van der Waals surface area contributed by atoms with E-state index >= 15 is 0 Å². The van der Waals surface area contributed by atoms with Crippen molar-refractivity contribution in [3.05, 3.63) is 35.9 Å². The van der Waals surface area contributed by atoms with Gasteiger partial charge in [0, 0.05) is 13.1 Å². The highest BCUT2D eigenvalue weighted by Crippen LogP contribution is 2.16. The average molecular weight is 233 g/mol. The summed E-state index contributed by atoms with van der Waals surface area (Å²) in [6, 6.07) is 8.94. The number of carbonyl (C=O) groups is 2. The monoisotopic (exact) mass is 233 g/mol. The normalized spacial score (nSPS) is 18.4. The van der Waals surface area contributed by atoms with Gasteiger partial charge >= 0.3 is 6.03 Å². The zero-order valence-electron chi connectivity index (χ0n) is 9.43. The molecule has 17 heavy (non-hydrogen) atoms. The maximum atomic E-state index is 11.7. The van der Waals surface area contributed by atoms with Gasteiger partial charge in [-0.15, -0.1) is 0 Å². The van der Waals surface area contributed by atoms with Gasteiger partial charge < -0.3 is 16.0 Å². The Morgan fingerprint density at radius 1 is 1.35 bits per heavy atom. The molecule has 1 saturated heterocycles. The van der Waals surface area contributed by atoms with Crippen molar-refractivity contribution in [3.63, 3.8) is 0 Å². The zero-order valence-corrected chi connectivity index (χ0v) is 9.43. The molecule has 0 saturated carbocycles. The molecule has 1 aromatic rings. The molecule has 2 rings (SSSR count). The number of primary amides is 1. The van der Waals surface area contributed by atoms with Crippen LogP contribution in [0.15, 0.2) is 30.3 Å². The van der Waals surface area contributed by atoms with E-state index in [4.69, 9.17) is 5.73 Å². The molecule has 0 spiro atoms. The number of likely N-dealkylation sites (tertiary alicyclic amines) is 1. The Morgan fingerprint density at radius 3 is 2.59 bits per heavy atom. The molecule has 3 amide bonds. The van der Waals surface area contributed by atoms with E-state index < -0.39 is 11.9 Å². The molecule has 0 aliphatic carbocycles. The van der Waals surface area contributed by atoms with Crippen molar-refractivity contribution < 1.29 is 9.59 Å². The lowest BCUT2D eigenvalue weighted by Gasteiger charge is -2.38. The van der Waals surface area contributed by atoms with Gasteiger partial charge in [0.05, 0.1) is 0 Å². The van der Waals surface area contributed by atoms with Crippen LogP contribution in [-0.4, -0.2) is 29.4 Å². The van der Waals surface area contributed by atoms with E-state index in [9.17, 15) is 9.59 Å². The summed E-state index contributed by atoms with van der Waals surface area (Å²) >= 11 is 0. The van der Waals surface area contributed by atoms with Crippen LogP contribution in [-0.2, 0) is 11.3 Å². The molecule has 0 bridgehead atoms. The van der Waals surface area contributed by atoms with Crippen LogP contribution < -0.4 is 11.1 Å². The summed E-state index contributed by atoms with van der Waals surface area (Å²) in [4.78, 5) is 24.2. The highest BCUT2D eigenvalue weighted by atomic mass is 16.2. The molecule has 1 aliphatic rings. The number of nitrogens with two attached hydrogens (primary N) is 1. The molecule has 1 fully saturated rings. The zero-order chi connectivity index (χ0) is 12.3. The summed E-state index contributed by atoms with van der Waals surface area (Å²) in [6.45, 7) is 1.05. The topological polar surface area (TPSA) is 75.4 Å². The van der Waals surface area contributed by atoms with Crippen molar-refractivity contribution in [2.24, 2.45) is 5.73 Å². The molecule has 5 heteroatoms. The molecule has 90 valence electrons. The summed E-state index contributed by atoms with van der Waals surface area (Å²) in [5, 5.41) is 2.76. The summed E-state index contributed by atoms with van der Waals surface area (Å²) in [6.07, 6.45) is 0.661. The number of hydrogen-bond donors (Lipinski definition) is 2. The number of rotatable bonds is 3. The van der Waals surface area contributed by atoms with Crippen molar-refractivity contribution in [3.8, 4) is 0 Å². The number of urea groups is 1. The van der Waals surface area contributed by atoms with E-state index in [2.05, 4.69) is 5.32 Å². The minimum Gasteiger partial charge on any atom is -0.368 e. The maximum Gasteiger partial charge on any atom is 0.318 e. The van der Waals surface area contributed by atoms with Gasteiger partial charge in [0.2, 0.25) is 5.91 Å². The van der Waals surface area contributed by atoms with Crippen LogP contribution in [0.5, 0.6) is 0 Å². The maximum absolute atomic E-state index is 11.7. The molecule has 1 unspecified atom stereocenters. The van der Waals surface area contributed by atoms with Crippen LogP contribution in [0.2, 0.25) is 0 Å². The first-order valence-electron chi connectivity index (χ1n) is 5.56. The molecular weight excluding hydrogens is 218 g/mol. The summed E-state index contributed by atoms with van der Waals surface area (Å²) < 4.78 is 0. The first-order valence-corrected chi connectivity index (χ1v) is 5.56. The number of nitrogens with one attached hydrogen (secondary N) is 1. The molecule has 1 aromatic carbocycles. The molecule has 5 nitrogen and oxygen atoms in total. The van der Waals surface area contributed by atoms with Crippen LogP contribution in [0.25, 0.3) is 0 Å². The quantitative estimate of drug-likeness (QED) is 0.795. The summed E-state index contributed by atoms with van der Waals surface area (Å²) in [5.41, 5.74) is 6.20. The fraction of sp³-hybridized carbons (Fsp3) is 0.333. The van der Waals surface area contributed by atoms with Crippen molar-refractivity contribution >= 4 is 11.9 Å². The van der Waals surface area contributed by atoms with E-state index in [0.717, 1.165) is 5.56 Å². The third kappa shape index (κ3) is 2.55. The van der Waals surface area contributed by atoms with Crippen LogP contribution in [0, 0.1) is 0 Å². The first kappa shape index (κ1) is 11.4. The van der Waals surface area contributed by atoms with Gasteiger partial charge in [-0.25, -0.2) is 4.79 Å². The highest BCUT2D eigenvalue weighted by molar-refractivity contribution is 5.87. The molecule has 1 heterocycles. The largest absolute Gasteiger partial charge is 0.368 e. The number of nitrogens with zero attached hydrogens (tertiary/aromatic N) is 1. The lowest BCUT2D eigenvalue weighted by molar-refractivity contribution is -0.125. The molecular formula is C12H15N3O2. The third-order valence-electron chi connectivity index (χ3n) is 2.90. The van der Waals surface area contributed by atoms with Crippen LogP contribution in [0.1, 0.15) is 12.0 Å². The van der Waals surface area contributed by atoms with Crippen molar-refractivity contribution in [2.45, 2.75) is 19.0 Å². The van der Waals surface area contributed by atoms with Crippen LogP contribution >= 0.6 is 0 Å². The predicted octanol–water partition coefficient (Wildman–Crippen LogP) is 0.456. The van der Waals surface area contributed by atoms with Crippen molar-refractivity contribution in [2.75, 3.05) is 6.54 Å². The van der Waals surface area contributed by atoms with Gasteiger partial charge in [0.1, 0.15) is 6.04 Å². The fourth-order valence-electron chi connectivity index (χ4n) is 1.80. The molecule has 1 atom stereocenters. The van der Waals surface area contributed by atoms with E-state index in [1.165, 1.54) is 4.90 Å². The van der Waals surface area contributed by atoms with Gasteiger partial charge in [-0.1, -0.05) is 30.3 Å². The fourth-order valence-corrected chi connectivity index (χ4v) is 1.80. The van der Waals surface area contributed by atoms with Crippen LogP contribution in [0.4, 0.5) is 4.79 Å². The third-order valence-corrected chi connectivity index (χ3v) is 2.90. The average Bonchev–Trinajstić information content (AvgIpc) is 2.25. The van der Waals surface area contributed by atoms with E-state index in [1.54, 1.807) is 0 Å². The van der Waals surface area contributed by atoms with Gasteiger partial charge in [-0.2, -0.15) is 0 Å². The Labute approximate surface area is 99.6 Å². The molecule has 1 aliphatic heterocycles. The van der Waals surface area contributed by atoms with Gasteiger partial charge in [0.25, 0.3) is 0 Å². The van der Waals surface area contributed by atoms with E-state index in [0.29, 0.717) is 19.5 Å². The Kier molecular flexibility index (Phi) is 3.27. The van der Waals surface area contributed by atoms with Gasteiger partial charge in [-0.05, 0) is 12.0 Å². The van der Waals surface area contributed by atoms with Crippen LogP contribution in [0.3, 0.4) is 0 Å². The number of amides is 3. The van der Waals surface area contributed by atoms with Gasteiger partial charge in [0.15, 0.2) is 0 Å².